The third kappa shape index (κ3) is 14.5. The van der Waals surface area contributed by atoms with Gasteiger partial charge in [-0.05, 0) is 20.3 Å². The average molecular weight is 416 g/mol. The summed E-state index contributed by atoms with van der Waals surface area (Å²) in [5.74, 6) is 0. The lowest BCUT2D eigenvalue weighted by Crippen LogP contribution is -3.00. The molecule has 0 aromatic carbocycles. The zero-order valence-electron chi connectivity index (χ0n) is 19.2. The highest BCUT2D eigenvalue weighted by Gasteiger charge is 2.42. The minimum atomic E-state index is 0. The highest BCUT2D eigenvalue weighted by atomic mass is 35.5. The fourth-order valence-electron chi connectivity index (χ4n) is 4.37. The molecule has 0 aliphatic rings. The van der Waals surface area contributed by atoms with Crippen LogP contribution in [-0.2, 0) is 4.74 Å². The molecule has 0 saturated carbocycles. The Balaban J connectivity index is -0.00000264. The predicted molar refractivity (Wildman–Crippen MR) is 107 cm³/mol. The molecule has 2 unspecified atom stereocenters. The maximum absolute atomic E-state index is 6.39. The molecular weight excluding hydrogens is 367 g/mol. The van der Waals surface area contributed by atoms with Crippen molar-refractivity contribution in [1.29, 1.82) is 0 Å². The number of unbranched alkanes of at least 4 members (excludes halogenated alkanes) is 7. The summed E-state index contributed by atoms with van der Waals surface area (Å²) in [6, 6.07) is 0. The fourth-order valence-corrected chi connectivity index (χ4v) is 4.37. The highest BCUT2D eigenvalue weighted by Crippen LogP contribution is 2.21. The number of quaternary nitrogens is 2. The molecule has 0 fully saturated rings. The van der Waals surface area contributed by atoms with E-state index >= 15 is 0 Å². The Bertz CT molecular complexity index is 300. The minimum Gasteiger partial charge on any atom is -1.00 e. The maximum Gasteiger partial charge on any atom is 0.241 e. The number of hydrogen-bond donors (Lipinski definition) is 0. The molecule has 0 saturated heterocycles. The van der Waals surface area contributed by atoms with E-state index in [1.54, 1.807) is 0 Å². The van der Waals surface area contributed by atoms with E-state index in [1.165, 1.54) is 57.8 Å². The molecule has 0 aliphatic carbocycles. The lowest BCUT2D eigenvalue weighted by molar-refractivity contribution is -1.09. The molecule has 2 atom stereocenters. The van der Waals surface area contributed by atoms with Gasteiger partial charge in [-0.1, -0.05) is 58.3 Å². The van der Waals surface area contributed by atoms with Gasteiger partial charge in [0.2, 0.25) is 6.17 Å². The lowest BCUT2D eigenvalue weighted by Gasteiger charge is -2.45. The van der Waals surface area contributed by atoms with E-state index in [4.69, 9.17) is 4.74 Å². The number of nitrogens with zero attached hydrogens (tertiary/aromatic N) is 2. The smallest absolute Gasteiger partial charge is 0.241 e. The van der Waals surface area contributed by atoms with Crippen LogP contribution in [0.25, 0.3) is 0 Å². The summed E-state index contributed by atoms with van der Waals surface area (Å²) in [7, 11) is 13.7. The normalized spacial score (nSPS) is 14.5. The SMILES string of the molecule is CCCCCCCCCCC(C)OC(C)C([N+](C)(C)C)[N+](C)(C)C.[Cl-].[Cl-]. The molecule has 3 nitrogen and oxygen atoms in total. The Labute approximate surface area is 177 Å². The van der Waals surface area contributed by atoms with Gasteiger partial charge in [0, 0.05) is 0 Å². The van der Waals surface area contributed by atoms with Crippen LogP contribution in [0, 0.1) is 0 Å². The molecule has 0 aromatic rings. The van der Waals surface area contributed by atoms with Crippen molar-refractivity contribution in [2.75, 3.05) is 42.3 Å². The molecular formula is C21H48Cl2N2O. The van der Waals surface area contributed by atoms with Crippen LogP contribution in [0.15, 0.2) is 0 Å². The van der Waals surface area contributed by atoms with Gasteiger partial charge in [-0.25, -0.2) is 0 Å². The first-order valence-corrected chi connectivity index (χ1v) is 10.3. The number of likely N-dealkylation sites (N-methyl/N-ethyl adjacent to an activating group) is 2. The summed E-state index contributed by atoms with van der Waals surface area (Å²) in [5, 5.41) is 0. The van der Waals surface area contributed by atoms with Crippen LogP contribution in [0.2, 0.25) is 0 Å². The summed E-state index contributed by atoms with van der Waals surface area (Å²) in [6.45, 7) is 6.78. The summed E-state index contributed by atoms with van der Waals surface area (Å²) in [4.78, 5) is 0. The van der Waals surface area contributed by atoms with Crippen molar-refractivity contribution in [2.45, 2.75) is 96.9 Å². The quantitative estimate of drug-likeness (QED) is 0.202. The second-order valence-electron chi connectivity index (χ2n) is 9.56. The van der Waals surface area contributed by atoms with Crippen molar-refractivity contribution < 1.29 is 38.5 Å². The van der Waals surface area contributed by atoms with Gasteiger partial charge < -0.3 is 29.6 Å². The molecule has 0 N–H and O–H groups in total. The lowest BCUT2D eigenvalue weighted by atomic mass is 10.1. The van der Waals surface area contributed by atoms with Gasteiger partial charge in [0.05, 0.1) is 48.4 Å². The van der Waals surface area contributed by atoms with Gasteiger partial charge in [0.1, 0.15) is 0 Å². The molecule has 0 rings (SSSR count). The van der Waals surface area contributed by atoms with Crippen molar-refractivity contribution >= 4 is 0 Å². The van der Waals surface area contributed by atoms with Gasteiger partial charge in [0.25, 0.3) is 0 Å². The third-order valence-corrected chi connectivity index (χ3v) is 4.92. The Morgan fingerprint density at radius 1 is 0.654 bits per heavy atom. The zero-order valence-corrected chi connectivity index (χ0v) is 20.7. The highest BCUT2D eigenvalue weighted by molar-refractivity contribution is 4.61. The van der Waals surface area contributed by atoms with Crippen molar-refractivity contribution in [3.63, 3.8) is 0 Å². The maximum atomic E-state index is 6.39. The van der Waals surface area contributed by atoms with E-state index in [1.807, 2.05) is 0 Å². The summed E-state index contributed by atoms with van der Waals surface area (Å²) < 4.78 is 8.25. The van der Waals surface area contributed by atoms with Crippen LogP contribution in [-0.4, -0.2) is 69.6 Å². The standard InChI is InChI=1S/C21H48N2O.2ClH/c1-10-11-12-13-14-15-16-17-18-19(2)24-20(3)21(22(4,5)6)23(7,8)9;;/h19-21H,10-18H2,1-9H3;2*1H/q+2;;/p-2. The van der Waals surface area contributed by atoms with Crippen LogP contribution in [0.5, 0.6) is 0 Å². The van der Waals surface area contributed by atoms with Crippen LogP contribution in [0.3, 0.4) is 0 Å². The van der Waals surface area contributed by atoms with E-state index in [9.17, 15) is 0 Å². The summed E-state index contributed by atoms with van der Waals surface area (Å²) in [5.41, 5.74) is 0. The Hall–Kier alpha value is 0.460. The van der Waals surface area contributed by atoms with Gasteiger partial charge in [-0.15, -0.1) is 0 Å². The minimum absolute atomic E-state index is 0. The average Bonchev–Trinajstić information content (AvgIpc) is 2.38. The van der Waals surface area contributed by atoms with E-state index in [0.717, 1.165) is 8.97 Å². The van der Waals surface area contributed by atoms with Crippen molar-refractivity contribution in [3.05, 3.63) is 0 Å². The van der Waals surface area contributed by atoms with Crippen molar-refractivity contribution in [2.24, 2.45) is 0 Å². The van der Waals surface area contributed by atoms with Gasteiger partial charge in [-0.3, -0.25) is 8.97 Å². The molecule has 0 aromatic heterocycles. The molecule has 0 heterocycles. The van der Waals surface area contributed by atoms with Gasteiger partial charge in [-0.2, -0.15) is 0 Å². The zero-order chi connectivity index (χ0) is 18.8. The first-order valence-electron chi connectivity index (χ1n) is 10.3. The van der Waals surface area contributed by atoms with Crippen LogP contribution in [0.1, 0.15) is 78.6 Å². The van der Waals surface area contributed by atoms with Crippen LogP contribution >= 0.6 is 0 Å². The molecule has 0 spiro atoms. The Morgan fingerprint density at radius 2 is 1.04 bits per heavy atom. The van der Waals surface area contributed by atoms with Crippen molar-refractivity contribution in [3.8, 4) is 0 Å². The number of ether oxygens (including phenoxy) is 1. The number of hydrogen-bond acceptors (Lipinski definition) is 1. The monoisotopic (exact) mass is 414 g/mol. The largest absolute Gasteiger partial charge is 1.00 e. The molecule has 5 heteroatoms. The molecule has 26 heavy (non-hydrogen) atoms. The summed E-state index contributed by atoms with van der Waals surface area (Å²) >= 11 is 0. The van der Waals surface area contributed by atoms with Crippen LogP contribution in [0.4, 0.5) is 0 Å². The Kier molecular flexibility index (Phi) is 18.4. The van der Waals surface area contributed by atoms with E-state index in [2.05, 4.69) is 63.1 Å². The predicted octanol–water partition coefficient (Wildman–Crippen LogP) is -0.943. The van der Waals surface area contributed by atoms with Gasteiger partial charge in [0.15, 0.2) is 6.10 Å². The second kappa shape index (κ2) is 15.4. The fraction of sp³-hybridized carbons (Fsp3) is 1.00. The third-order valence-electron chi connectivity index (χ3n) is 4.92. The molecule has 0 amide bonds. The molecule has 162 valence electrons. The van der Waals surface area contributed by atoms with E-state index in [0.29, 0.717) is 12.3 Å². The molecule has 0 aliphatic heterocycles. The van der Waals surface area contributed by atoms with Crippen LogP contribution < -0.4 is 24.8 Å². The Morgan fingerprint density at radius 3 is 1.42 bits per heavy atom. The van der Waals surface area contributed by atoms with E-state index in [-0.39, 0.29) is 30.9 Å². The first kappa shape index (κ1) is 31.2. The molecule has 0 bridgehead atoms. The number of rotatable bonds is 14. The van der Waals surface area contributed by atoms with E-state index < -0.39 is 0 Å². The van der Waals surface area contributed by atoms with Gasteiger partial charge >= 0.3 is 0 Å². The van der Waals surface area contributed by atoms with Crippen molar-refractivity contribution in [1.82, 2.24) is 0 Å². The summed E-state index contributed by atoms with van der Waals surface area (Å²) in [6.07, 6.45) is 13.3. The number of halogens is 2. The first-order chi connectivity index (χ1) is 11.0. The topological polar surface area (TPSA) is 9.23 Å². The second-order valence-corrected chi connectivity index (χ2v) is 9.56. The molecule has 0 radical (unpaired) electrons.